The third-order valence-electron chi connectivity index (χ3n) is 23.6. The van der Waals surface area contributed by atoms with E-state index in [1.54, 1.807) is 73.8 Å². The van der Waals surface area contributed by atoms with E-state index in [9.17, 15) is 38.4 Å². The Morgan fingerprint density at radius 1 is 0.412 bits per heavy atom. The number of esters is 4. The molecule has 33 heteroatoms. The highest BCUT2D eigenvalue weighted by Gasteiger charge is 2.62. The number of hydrogen-bond donors (Lipinski definition) is 3. The van der Waals surface area contributed by atoms with E-state index in [0.29, 0.717) is 59.6 Å². The molecule has 3 fully saturated rings. The quantitative estimate of drug-likeness (QED) is 0.00620. The first-order valence-corrected chi connectivity index (χ1v) is 51.6. The van der Waals surface area contributed by atoms with E-state index in [2.05, 4.69) is 145 Å². The van der Waals surface area contributed by atoms with Gasteiger partial charge in [-0.1, -0.05) is 189 Å². The van der Waals surface area contributed by atoms with Crippen LogP contribution in [0.25, 0.3) is 0 Å². The number of allylic oxidation sites excluding steroid dienone is 20. The molecule has 3 N–H and O–H groups in total. The second kappa shape index (κ2) is 57.7. The van der Waals surface area contributed by atoms with Gasteiger partial charge in [-0.2, -0.15) is 15.0 Å². The van der Waals surface area contributed by atoms with Crippen LogP contribution in [0.2, 0.25) is 0 Å². The van der Waals surface area contributed by atoms with Gasteiger partial charge in [0.15, 0.2) is 62.8 Å². The summed E-state index contributed by atoms with van der Waals surface area (Å²) in [5.41, 5.74) is 3.69. The second-order valence-electron chi connectivity index (χ2n) is 39.5. The summed E-state index contributed by atoms with van der Waals surface area (Å²) < 4.78 is 83.0. The molecule has 810 valence electrons. The Hall–Kier alpha value is -12.0. The van der Waals surface area contributed by atoms with E-state index in [1.165, 1.54) is 23.9 Å². The highest BCUT2D eigenvalue weighted by atomic mass is 35.5. The molecule has 2 amide bonds. The van der Waals surface area contributed by atoms with Gasteiger partial charge in [-0.05, 0) is 280 Å². The second-order valence-corrected chi connectivity index (χ2v) is 41.0. The van der Waals surface area contributed by atoms with E-state index in [1.807, 2.05) is 172 Å². The molecule has 5 aromatic carbocycles. The lowest BCUT2D eigenvalue weighted by molar-refractivity contribution is -0.174. The number of cyclic esters (lactones) is 3. The number of carbonyl (C=O) groups excluding carboxylic acids is 7. The fourth-order valence-corrected chi connectivity index (χ4v) is 17.3. The molecule has 3 saturated heterocycles. The van der Waals surface area contributed by atoms with Crippen molar-refractivity contribution in [1.82, 2.24) is 30.9 Å². The van der Waals surface area contributed by atoms with Crippen LogP contribution >= 0.6 is 34.8 Å². The average molecular weight is 2110 g/mol. The van der Waals surface area contributed by atoms with E-state index in [4.69, 9.17) is 106 Å². The minimum Gasteiger partial charge on any atom is -0.497 e. The van der Waals surface area contributed by atoms with Crippen molar-refractivity contribution in [3.63, 3.8) is 0 Å². The van der Waals surface area contributed by atoms with Gasteiger partial charge < -0.3 is 76.2 Å². The maximum absolute atomic E-state index is 13.5. The number of unbranched alkanes of at least 4 members (excludes halogenated alkanes) is 2. The van der Waals surface area contributed by atoms with Crippen molar-refractivity contribution >= 4 is 82.3 Å². The van der Waals surface area contributed by atoms with Gasteiger partial charge >= 0.3 is 47.5 Å². The van der Waals surface area contributed by atoms with Crippen LogP contribution in [0.3, 0.4) is 0 Å². The molecule has 0 aliphatic carbocycles. The highest BCUT2D eigenvalue weighted by Crippen LogP contribution is 2.48. The number of methoxy groups -OCH3 is 2. The third-order valence-corrected chi connectivity index (χ3v) is 23.9. The summed E-state index contributed by atoms with van der Waals surface area (Å²) in [6, 6.07) is 28.4. The van der Waals surface area contributed by atoms with Gasteiger partial charge in [0.1, 0.15) is 28.1 Å². The SMILES string of the molecule is CC(Cl)OC(=O)Cl.CC/C=C\C/C=C\C/C=C\C/C=C\C/C=C\CCCC(=O)O.CC/C=C\C/C=C\C/C=C\C/C=C\C/C=C\CCCC(=O)OC(C)OC(=O)NN1C(C)(C)OC(=O)[C@]1(C)Cc1ccc2c(c1)OC(C)(C)O2.COc1ccc(CN(C(=O)OC(C)Cl)N2C(C)(C)OC(=O)[C@]2(C)Cc2ccc3c(c2)OC(C)(C)O3)c(C)c1.COc1ccc(CNN2C(C)(C)OC(=O)[C@]2(C)Cc2ccc3c(c2)OC(C)(C)O3)c(C)c1. The first-order valence-electron chi connectivity index (χ1n) is 50.4. The van der Waals surface area contributed by atoms with Crippen molar-refractivity contribution in [2.45, 2.75) is 356 Å². The largest absolute Gasteiger partial charge is 0.497 e. The predicted molar refractivity (Wildman–Crippen MR) is 574 cm³/mol. The Morgan fingerprint density at radius 3 is 1.12 bits per heavy atom. The number of nitrogens with one attached hydrogen (secondary N) is 2. The number of nitrogens with zero attached hydrogens (tertiary/aromatic N) is 4. The fraction of sp³-hybridized carbons (Fsp3) is 0.496. The van der Waals surface area contributed by atoms with Crippen LogP contribution in [0, 0.1) is 13.8 Å². The van der Waals surface area contributed by atoms with Gasteiger partial charge in [0.05, 0.1) is 20.8 Å². The zero-order valence-electron chi connectivity index (χ0n) is 90.5. The number of hydrogen-bond acceptors (Lipinski definition) is 27. The number of aryl methyl sites for hydroxylation is 2. The van der Waals surface area contributed by atoms with Crippen molar-refractivity contribution < 1.29 is 115 Å². The number of alkyl halides is 2. The average Bonchev–Trinajstić information content (AvgIpc) is 1.58. The van der Waals surface area contributed by atoms with Crippen LogP contribution in [0.15, 0.2) is 213 Å². The van der Waals surface area contributed by atoms with Gasteiger partial charge in [0, 0.05) is 98.7 Å². The number of carboxylic acid groups (broad SMARTS) is 1. The monoisotopic (exact) mass is 2110 g/mol. The molecule has 0 radical (unpaired) electrons. The van der Waals surface area contributed by atoms with Gasteiger partial charge in [0.2, 0.25) is 23.7 Å². The molecule has 6 heterocycles. The van der Waals surface area contributed by atoms with E-state index >= 15 is 0 Å². The van der Waals surface area contributed by atoms with Gasteiger partial charge in [0.25, 0.3) is 0 Å². The van der Waals surface area contributed by atoms with Crippen molar-refractivity contribution in [3.8, 4) is 46.0 Å². The first kappa shape index (κ1) is 123. The van der Waals surface area contributed by atoms with Crippen molar-refractivity contribution in [1.29, 1.82) is 0 Å². The molecule has 6 atom stereocenters. The highest BCUT2D eigenvalue weighted by molar-refractivity contribution is 6.61. The number of rotatable bonds is 45. The number of benzene rings is 5. The lowest BCUT2D eigenvalue weighted by Gasteiger charge is -2.44. The Morgan fingerprint density at radius 2 is 0.757 bits per heavy atom. The molecule has 0 aromatic heterocycles. The summed E-state index contributed by atoms with van der Waals surface area (Å²) in [5, 5.41) is 14.9. The lowest BCUT2D eigenvalue weighted by Crippen LogP contribution is -2.62. The predicted octanol–water partition coefficient (Wildman–Crippen LogP) is 26.1. The van der Waals surface area contributed by atoms with E-state index < -0.39 is 110 Å². The summed E-state index contributed by atoms with van der Waals surface area (Å²) in [4.78, 5) is 98.4. The van der Waals surface area contributed by atoms with Crippen LogP contribution in [0.1, 0.15) is 280 Å². The summed E-state index contributed by atoms with van der Waals surface area (Å²) in [6.07, 6.45) is 54.3. The Balaban J connectivity index is 0.000000269. The van der Waals surface area contributed by atoms with Crippen LogP contribution in [-0.4, -0.2) is 155 Å². The molecule has 6 aliphatic heterocycles. The van der Waals surface area contributed by atoms with Crippen LogP contribution < -0.4 is 48.7 Å². The van der Waals surface area contributed by atoms with E-state index in [0.717, 1.165) is 128 Å². The third kappa shape index (κ3) is 39.2. The number of carbonyl (C=O) groups is 8. The number of fused-ring (bicyclic) bond motifs is 3. The van der Waals surface area contributed by atoms with Crippen molar-refractivity contribution in [2.24, 2.45) is 0 Å². The van der Waals surface area contributed by atoms with E-state index in [-0.39, 0.29) is 38.2 Å². The van der Waals surface area contributed by atoms with Gasteiger partial charge in [-0.25, -0.2) is 44.6 Å². The van der Waals surface area contributed by atoms with Crippen LogP contribution in [0.5, 0.6) is 46.0 Å². The normalized spacial score (nSPS) is 20.0. The zero-order chi connectivity index (χ0) is 109. The Labute approximate surface area is 890 Å². The minimum atomic E-state index is -1.27. The van der Waals surface area contributed by atoms with Crippen LogP contribution in [-0.2, 0) is 89.5 Å². The molecular weight excluding hydrogens is 1960 g/mol. The van der Waals surface area contributed by atoms with Crippen molar-refractivity contribution in [3.05, 3.63) is 251 Å². The van der Waals surface area contributed by atoms with Crippen LogP contribution in [0.4, 0.5) is 14.4 Å². The number of halogens is 3. The molecular formula is C115H155Cl3N6O24. The maximum Gasteiger partial charge on any atom is 0.426 e. The number of aliphatic carboxylic acids is 1. The molecule has 0 spiro atoms. The molecule has 30 nitrogen and oxygen atoms in total. The number of carboxylic acids is 1. The molecule has 0 saturated carbocycles. The first-order chi connectivity index (χ1) is 69.7. The topological polar surface area (TPSA) is 332 Å². The standard InChI is InChI=1S/C39H54N2O8.C28H35ClN2O7.C25H32N2O5.C20H30O2.C3H4Cl2O2/c1-8-9-10-11-12-13-14-15-16-17-18-19-20-21-22-23-24-25-34(42)45-30(2)46-36(44)40-41-37(3,4)49-35(43)39(41,7)29-31-26-27-32-33(28-31)48-38(5,6)47-32;1-17-13-21(34-8)11-10-20(17)16-30(25(33)35-18(2)29)31-26(3,4)38-24(32)28(31,7)15-19-9-12-22-23(14-19)37-27(5,6)36-22;1-16-12-19(29-7)10-9-18(16)15-26-27-23(2,3)32-22(28)25(27,6)14-17-8-11-20-21(13-17)31-24(4,5)30-20;1-2-3-4-5-6-7-8-9-10-11-12-13-14-15-16-17-18-19-20(21)22;1-2(4)7-3(5)6/h9-10,12-13,15-16,18-19,21-22,26-28,30H,8,11,14,17,20,23-25,29H2,1-7H3,(H,40,44);9-14,18H,15-16H2,1-8H3;8-13,26H,14-15H2,1-7H3;3-4,6-7,9-10,12-13,15-16H,2,5,8,11,14,17-19H2,1H3,(H,21,22);2H,1H3/b10-9-,13-12-,16-15-,19-18-,22-21-;;;4-3-,7-6-,10-9-,13-12-,16-15-;/t30?,39-;18?,28-;25-;;/m000../s1. The van der Waals surface area contributed by atoms with Crippen molar-refractivity contribution in [2.75, 3.05) is 14.2 Å². The molecule has 5 aromatic rings. The number of amides is 2. The molecule has 6 aliphatic rings. The fourth-order valence-electron chi connectivity index (χ4n) is 17.0. The lowest BCUT2D eigenvalue weighted by atomic mass is 9.91. The Kier molecular flexibility index (Phi) is 47.9. The number of hydrazine groups is 3. The van der Waals surface area contributed by atoms with Gasteiger partial charge in [-0.15, -0.1) is 0 Å². The molecule has 11 rings (SSSR count). The summed E-state index contributed by atoms with van der Waals surface area (Å²) in [6.45, 7) is 40.4. The molecule has 148 heavy (non-hydrogen) atoms. The smallest absolute Gasteiger partial charge is 0.426 e. The number of ether oxygens (including phenoxy) is 15. The van der Waals surface area contributed by atoms with Gasteiger partial charge in [-0.3, -0.25) is 9.59 Å². The maximum atomic E-state index is 13.5. The molecule has 0 bridgehead atoms. The minimum absolute atomic E-state index is 0.114. The summed E-state index contributed by atoms with van der Waals surface area (Å²) in [5.74, 6) is 0.651. The zero-order valence-corrected chi connectivity index (χ0v) is 92.8. The summed E-state index contributed by atoms with van der Waals surface area (Å²) in [7, 11) is 3.25. The molecule has 3 unspecified atom stereocenters. The summed E-state index contributed by atoms with van der Waals surface area (Å²) >= 11 is 15.9. The Bertz CT molecular complexity index is 5580.